The van der Waals surface area contributed by atoms with Crippen LogP contribution < -0.4 is 0 Å². The summed E-state index contributed by atoms with van der Waals surface area (Å²) in [6.45, 7) is 4.43. The van der Waals surface area contributed by atoms with Crippen molar-refractivity contribution in [1.29, 1.82) is 0 Å². The number of rotatable bonds is 4. The van der Waals surface area contributed by atoms with Crippen molar-refractivity contribution in [2.24, 2.45) is 5.92 Å². The molecule has 0 amide bonds. The second-order valence-corrected chi connectivity index (χ2v) is 7.14. The predicted octanol–water partition coefficient (Wildman–Crippen LogP) is 4.12. The molecule has 0 saturated heterocycles. The van der Waals surface area contributed by atoms with Crippen molar-refractivity contribution < 1.29 is 9.90 Å². The first-order valence-corrected chi connectivity index (χ1v) is 8.18. The number of hydrogen-bond acceptors (Lipinski definition) is 3. The minimum Gasteiger partial charge on any atom is -0.481 e. The fourth-order valence-electron chi connectivity index (χ4n) is 2.85. The summed E-state index contributed by atoms with van der Waals surface area (Å²) in [5.41, 5.74) is 3.21. The van der Waals surface area contributed by atoms with E-state index in [1.165, 1.54) is 5.56 Å². The van der Waals surface area contributed by atoms with Crippen LogP contribution in [0.3, 0.4) is 0 Å². The van der Waals surface area contributed by atoms with Crippen molar-refractivity contribution in [2.45, 2.75) is 39.0 Å². The summed E-state index contributed by atoms with van der Waals surface area (Å²) in [5.74, 6) is -0.515. The molecule has 4 heteroatoms. The molecule has 2 aromatic rings. The summed E-state index contributed by atoms with van der Waals surface area (Å²) in [5, 5.41) is 10.2. The molecule has 1 aliphatic carbocycles. The van der Waals surface area contributed by atoms with Gasteiger partial charge in [-0.1, -0.05) is 38.1 Å². The molecule has 21 heavy (non-hydrogen) atoms. The fourth-order valence-corrected chi connectivity index (χ4v) is 3.99. The van der Waals surface area contributed by atoms with Crippen LogP contribution in [-0.2, 0) is 17.6 Å². The monoisotopic (exact) mass is 301 g/mol. The third-order valence-electron chi connectivity index (χ3n) is 3.86. The lowest BCUT2D eigenvalue weighted by Gasteiger charge is -2.05. The molecular weight excluding hydrogens is 282 g/mol. The summed E-state index contributed by atoms with van der Waals surface area (Å²) in [6, 6.07) is 8.50. The van der Waals surface area contributed by atoms with Gasteiger partial charge in [0.2, 0.25) is 0 Å². The minimum absolute atomic E-state index is 0.412. The van der Waals surface area contributed by atoms with Gasteiger partial charge in [-0.2, -0.15) is 0 Å². The molecule has 3 rings (SSSR count). The number of aryl methyl sites for hydroxylation is 1. The Morgan fingerprint density at radius 1 is 1.38 bits per heavy atom. The first-order chi connectivity index (χ1) is 10.0. The van der Waals surface area contributed by atoms with Crippen LogP contribution >= 0.6 is 11.3 Å². The van der Waals surface area contributed by atoms with Crippen LogP contribution in [0.25, 0.3) is 10.6 Å². The van der Waals surface area contributed by atoms with Gasteiger partial charge in [-0.15, -0.1) is 11.3 Å². The Labute approximate surface area is 128 Å². The molecule has 0 aliphatic heterocycles. The van der Waals surface area contributed by atoms with Gasteiger partial charge in [-0.25, -0.2) is 4.98 Å². The Kier molecular flexibility index (Phi) is 3.81. The second-order valence-electron chi connectivity index (χ2n) is 6.05. The number of nitrogens with zero attached hydrogens (tertiary/aromatic N) is 1. The van der Waals surface area contributed by atoms with E-state index in [0.29, 0.717) is 12.3 Å². The van der Waals surface area contributed by atoms with Gasteiger partial charge in [0.15, 0.2) is 0 Å². The molecule has 1 aliphatic rings. The molecule has 0 radical (unpaired) electrons. The van der Waals surface area contributed by atoms with Gasteiger partial charge in [0.1, 0.15) is 10.9 Å². The zero-order valence-electron chi connectivity index (χ0n) is 12.3. The molecule has 1 N–H and O–H groups in total. The Hall–Kier alpha value is -1.68. The van der Waals surface area contributed by atoms with Crippen molar-refractivity contribution in [3.63, 3.8) is 0 Å². The molecular formula is C17H19NO2S. The smallest absolute Gasteiger partial charge is 0.312 e. The molecule has 1 unspecified atom stereocenters. The first-order valence-electron chi connectivity index (χ1n) is 7.36. The third-order valence-corrected chi connectivity index (χ3v) is 5.04. The number of benzene rings is 1. The van der Waals surface area contributed by atoms with Crippen LogP contribution in [0.5, 0.6) is 0 Å². The summed E-state index contributed by atoms with van der Waals surface area (Å²) < 4.78 is 0. The highest BCUT2D eigenvalue weighted by Gasteiger charge is 2.32. The molecule has 0 spiro atoms. The van der Waals surface area contributed by atoms with Crippen LogP contribution in [0.1, 0.15) is 42.3 Å². The average Bonchev–Trinajstić information content (AvgIpc) is 2.98. The summed E-state index contributed by atoms with van der Waals surface area (Å²) in [6.07, 6.45) is 2.61. The van der Waals surface area contributed by atoms with Crippen molar-refractivity contribution in [3.05, 3.63) is 40.4 Å². The standard InChI is InChI=1S/C17H19NO2S/c1-10(2)9-11-3-5-12(6-4-11)16-18-15-13(17(19)20)7-8-14(15)21-16/h3-6,10,13H,7-9H2,1-2H3,(H,19,20). The maximum absolute atomic E-state index is 11.2. The van der Waals surface area contributed by atoms with E-state index in [4.69, 9.17) is 0 Å². The number of carbonyl (C=O) groups is 1. The fraction of sp³-hybridized carbons (Fsp3) is 0.412. The van der Waals surface area contributed by atoms with E-state index >= 15 is 0 Å². The third kappa shape index (κ3) is 2.86. The molecule has 0 bridgehead atoms. The lowest BCUT2D eigenvalue weighted by Crippen LogP contribution is -2.08. The van der Waals surface area contributed by atoms with Gasteiger partial charge < -0.3 is 5.11 Å². The first kappa shape index (κ1) is 14.3. The lowest BCUT2D eigenvalue weighted by molar-refractivity contribution is -0.138. The SMILES string of the molecule is CC(C)Cc1ccc(-c2nc3c(s2)CCC3C(=O)O)cc1. The van der Waals surface area contributed by atoms with E-state index in [1.54, 1.807) is 11.3 Å². The molecule has 0 saturated carbocycles. The summed E-state index contributed by atoms with van der Waals surface area (Å²) >= 11 is 1.64. The van der Waals surface area contributed by atoms with Crippen molar-refractivity contribution >= 4 is 17.3 Å². The van der Waals surface area contributed by atoms with Crippen LogP contribution in [0.2, 0.25) is 0 Å². The van der Waals surface area contributed by atoms with E-state index in [2.05, 4.69) is 43.1 Å². The van der Waals surface area contributed by atoms with Crippen LogP contribution in [0, 0.1) is 5.92 Å². The van der Waals surface area contributed by atoms with Crippen LogP contribution in [0.15, 0.2) is 24.3 Å². The van der Waals surface area contributed by atoms with Crippen molar-refractivity contribution in [1.82, 2.24) is 4.98 Å². The average molecular weight is 301 g/mol. The maximum Gasteiger partial charge on any atom is 0.312 e. The molecule has 1 aromatic carbocycles. The van der Waals surface area contributed by atoms with E-state index in [9.17, 15) is 9.90 Å². The highest BCUT2D eigenvalue weighted by Crippen LogP contribution is 2.39. The Morgan fingerprint density at radius 2 is 2.10 bits per heavy atom. The molecule has 1 atom stereocenters. The number of aliphatic carboxylic acids is 1. The predicted molar refractivity (Wildman–Crippen MR) is 84.8 cm³/mol. The Balaban J connectivity index is 1.85. The van der Waals surface area contributed by atoms with Gasteiger partial charge in [0.05, 0.1) is 5.69 Å². The summed E-state index contributed by atoms with van der Waals surface area (Å²) in [7, 11) is 0. The largest absolute Gasteiger partial charge is 0.481 e. The number of fused-ring (bicyclic) bond motifs is 1. The highest BCUT2D eigenvalue weighted by molar-refractivity contribution is 7.15. The number of carboxylic acids is 1. The van der Waals surface area contributed by atoms with Crippen LogP contribution in [0.4, 0.5) is 0 Å². The van der Waals surface area contributed by atoms with E-state index < -0.39 is 11.9 Å². The van der Waals surface area contributed by atoms with Gasteiger partial charge in [-0.3, -0.25) is 4.79 Å². The number of thiazole rings is 1. The highest BCUT2D eigenvalue weighted by atomic mass is 32.1. The topological polar surface area (TPSA) is 50.2 Å². The second kappa shape index (κ2) is 5.60. The number of hydrogen-bond donors (Lipinski definition) is 1. The van der Waals surface area contributed by atoms with Gasteiger partial charge in [0, 0.05) is 10.4 Å². The van der Waals surface area contributed by atoms with Crippen LogP contribution in [-0.4, -0.2) is 16.1 Å². The zero-order valence-corrected chi connectivity index (χ0v) is 13.1. The zero-order chi connectivity index (χ0) is 15.0. The van der Waals surface area contributed by atoms with Gasteiger partial charge in [0.25, 0.3) is 0 Å². The normalized spacial score (nSPS) is 17.2. The molecule has 1 heterocycles. The molecule has 3 nitrogen and oxygen atoms in total. The quantitative estimate of drug-likeness (QED) is 0.924. The Morgan fingerprint density at radius 3 is 2.71 bits per heavy atom. The molecule has 0 fully saturated rings. The number of carboxylic acid groups (broad SMARTS) is 1. The number of aromatic nitrogens is 1. The van der Waals surface area contributed by atoms with Gasteiger partial charge in [-0.05, 0) is 30.7 Å². The van der Waals surface area contributed by atoms with E-state index in [0.717, 1.165) is 34.0 Å². The molecule has 1 aromatic heterocycles. The summed E-state index contributed by atoms with van der Waals surface area (Å²) in [4.78, 5) is 17.0. The van der Waals surface area contributed by atoms with E-state index in [-0.39, 0.29) is 0 Å². The Bertz CT molecular complexity index is 658. The lowest BCUT2D eigenvalue weighted by atomic mass is 10.0. The van der Waals surface area contributed by atoms with Gasteiger partial charge >= 0.3 is 5.97 Å². The maximum atomic E-state index is 11.2. The van der Waals surface area contributed by atoms with E-state index in [1.807, 2.05) is 0 Å². The molecule has 110 valence electrons. The minimum atomic E-state index is -0.752. The van der Waals surface area contributed by atoms with Crippen molar-refractivity contribution in [2.75, 3.05) is 0 Å². The van der Waals surface area contributed by atoms with Crippen molar-refractivity contribution in [3.8, 4) is 10.6 Å².